The van der Waals surface area contributed by atoms with Crippen molar-refractivity contribution in [2.45, 2.75) is 65.6 Å². The zero-order chi connectivity index (χ0) is 13.4. The van der Waals surface area contributed by atoms with E-state index >= 15 is 0 Å². The maximum atomic E-state index is 10.6. The van der Waals surface area contributed by atoms with Gasteiger partial charge in [0.1, 0.15) is 0 Å². The van der Waals surface area contributed by atoms with Gasteiger partial charge in [0.2, 0.25) is 0 Å². The highest BCUT2D eigenvalue weighted by atomic mass is 16.3. The quantitative estimate of drug-likeness (QED) is 0.795. The van der Waals surface area contributed by atoms with Crippen LogP contribution in [-0.4, -0.2) is 22.4 Å². The molecular formula is C16H30O2. The summed E-state index contributed by atoms with van der Waals surface area (Å²) in [4.78, 5) is 0. The maximum Gasteiger partial charge on any atom is 0.0626 e. The molecule has 0 amide bonds. The van der Waals surface area contributed by atoms with E-state index in [2.05, 4.69) is 27.7 Å². The molecule has 2 aliphatic carbocycles. The molecular weight excluding hydrogens is 224 g/mol. The summed E-state index contributed by atoms with van der Waals surface area (Å²) in [6.45, 7) is 8.79. The molecule has 2 fully saturated rings. The molecule has 2 N–H and O–H groups in total. The molecule has 0 aliphatic heterocycles. The van der Waals surface area contributed by atoms with Gasteiger partial charge in [0.25, 0.3) is 0 Å². The average Bonchev–Trinajstić information content (AvgIpc) is 2.28. The molecule has 2 aliphatic rings. The molecule has 2 rings (SSSR count). The van der Waals surface area contributed by atoms with Gasteiger partial charge in [-0.1, -0.05) is 27.7 Å². The molecule has 0 aromatic heterocycles. The van der Waals surface area contributed by atoms with Crippen molar-refractivity contribution in [3.63, 3.8) is 0 Å². The monoisotopic (exact) mass is 254 g/mol. The molecule has 2 heteroatoms. The Morgan fingerprint density at radius 2 is 1.11 bits per heavy atom. The lowest BCUT2D eigenvalue weighted by molar-refractivity contribution is -0.129. The highest BCUT2D eigenvalue weighted by molar-refractivity contribution is 4.97. The minimum atomic E-state index is -0.291. The standard InChI is InChI=1S/C16H30O2/c1-9(2)12-7-5-11-6-8-13(10(3)4)16(18)14(11)15(12)17/h9-18H,5-8H2,1-4H3/t11?,12-,13-,14?,15?,16?/m1/s1. The second-order valence-corrected chi connectivity index (χ2v) is 7.29. The first kappa shape index (κ1) is 14.3. The Labute approximate surface area is 112 Å². The van der Waals surface area contributed by atoms with Crippen LogP contribution in [0.5, 0.6) is 0 Å². The summed E-state index contributed by atoms with van der Waals surface area (Å²) in [5.41, 5.74) is 0. The molecule has 2 nitrogen and oxygen atoms in total. The molecule has 0 bridgehead atoms. The smallest absolute Gasteiger partial charge is 0.0626 e. The average molecular weight is 254 g/mol. The fourth-order valence-electron chi connectivity index (χ4n) is 4.47. The Bertz CT molecular complexity index is 248. The topological polar surface area (TPSA) is 40.5 Å². The molecule has 0 aromatic carbocycles. The second-order valence-electron chi connectivity index (χ2n) is 7.29. The molecule has 4 atom stereocenters. The van der Waals surface area contributed by atoms with E-state index < -0.39 is 0 Å². The van der Waals surface area contributed by atoms with Gasteiger partial charge in [-0.15, -0.1) is 0 Å². The first-order valence-electron chi connectivity index (χ1n) is 7.79. The summed E-state index contributed by atoms with van der Waals surface area (Å²) in [7, 11) is 0. The predicted octanol–water partition coefficient (Wildman–Crippen LogP) is 3.07. The van der Waals surface area contributed by atoms with Crippen molar-refractivity contribution in [1.29, 1.82) is 0 Å². The summed E-state index contributed by atoms with van der Waals surface area (Å²) in [6, 6.07) is 0. The summed E-state index contributed by atoms with van der Waals surface area (Å²) >= 11 is 0. The summed E-state index contributed by atoms with van der Waals surface area (Å²) < 4.78 is 0. The van der Waals surface area contributed by atoms with Crippen molar-refractivity contribution in [2.75, 3.05) is 0 Å². The van der Waals surface area contributed by atoms with E-state index in [-0.39, 0.29) is 18.1 Å². The Morgan fingerprint density at radius 1 is 0.722 bits per heavy atom. The van der Waals surface area contributed by atoms with Gasteiger partial charge in [-0.05, 0) is 55.3 Å². The van der Waals surface area contributed by atoms with Crippen LogP contribution in [0, 0.1) is 35.5 Å². The third kappa shape index (κ3) is 2.46. The van der Waals surface area contributed by atoms with Gasteiger partial charge in [-0.3, -0.25) is 0 Å². The van der Waals surface area contributed by atoms with E-state index in [0.717, 1.165) is 12.8 Å². The van der Waals surface area contributed by atoms with Gasteiger partial charge in [0.05, 0.1) is 12.2 Å². The minimum absolute atomic E-state index is 0.132. The third-order valence-electron chi connectivity index (χ3n) is 5.66. The normalized spacial score (nSPS) is 45.3. The van der Waals surface area contributed by atoms with Crippen molar-refractivity contribution >= 4 is 0 Å². The SMILES string of the molecule is CC(C)[C@H]1CCC2CC[C@H](C(C)C)C(O)C2C1O. The zero-order valence-electron chi connectivity index (χ0n) is 12.3. The van der Waals surface area contributed by atoms with E-state index in [9.17, 15) is 10.2 Å². The van der Waals surface area contributed by atoms with Crippen LogP contribution in [0.25, 0.3) is 0 Å². The number of rotatable bonds is 2. The highest BCUT2D eigenvalue weighted by Crippen LogP contribution is 2.48. The minimum Gasteiger partial charge on any atom is -0.392 e. The van der Waals surface area contributed by atoms with Gasteiger partial charge < -0.3 is 10.2 Å². The third-order valence-corrected chi connectivity index (χ3v) is 5.66. The van der Waals surface area contributed by atoms with Crippen LogP contribution in [0.2, 0.25) is 0 Å². The number of aliphatic hydroxyl groups is 2. The number of fused-ring (bicyclic) bond motifs is 1. The van der Waals surface area contributed by atoms with Crippen molar-refractivity contribution in [3.8, 4) is 0 Å². The zero-order valence-corrected chi connectivity index (χ0v) is 12.3. The van der Waals surface area contributed by atoms with Crippen molar-refractivity contribution in [1.82, 2.24) is 0 Å². The molecule has 18 heavy (non-hydrogen) atoms. The van der Waals surface area contributed by atoms with Crippen molar-refractivity contribution < 1.29 is 10.2 Å². The second kappa shape index (κ2) is 5.50. The van der Waals surface area contributed by atoms with E-state index in [1.165, 1.54) is 12.8 Å². The molecule has 0 aromatic rings. The summed E-state index contributed by atoms with van der Waals surface area (Å²) in [6.07, 6.45) is 4.09. The summed E-state index contributed by atoms with van der Waals surface area (Å²) in [5, 5.41) is 21.3. The van der Waals surface area contributed by atoms with Crippen LogP contribution in [-0.2, 0) is 0 Å². The highest BCUT2D eigenvalue weighted by Gasteiger charge is 2.48. The first-order valence-corrected chi connectivity index (χ1v) is 7.79. The van der Waals surface area contributed by atoms with E-state index in [1.807, 2.05) is 0 Å². The van der Waals surface area contributed by atoms with Gasteiger partial charge in [0.15, 0.2) is 0 Å². The molecule has 2 unspecified atom stereocenters. The van der Waals surface area contributed by atoms with E-state index in [4.69, 9.17) is 0 Å². The van der Waals surface area contributed by atoms with E-state index in [0.29, 0.717) is 29.6 Å². The molecule has 2 saturated carbocycles. The Hall–Kier alpha value is -0.0800. The molecule has 0 radical (unpaired) electrons. The Balaban J connectivity index is 2.14. The molecule has 0 saturated heterocycles. The fraction of sp³-hybridized carbons (Fsp3) is 1.00. The Morgan fingerprint density at radius 3 is 1.44 bits per heavy atom. The fourth-order valence-corrected chi connectivity index (χ4v) is 4.47. The van der Waals surface area contributed by atoms with Crippen LogP contribution in [0.4, 0.5) is 0 Å². The molecule has 0 spiro atoms. The number of hydrogen-bond acceptors (Lipinski definition) is 2. The molecule has 0 heterocycles. The Kier molecular flexibility index (Phi) is 4.38. The van der Waals surface area contributed by atoms with Gasteiger partial charge >= 0.3 is 0 Å². The van der Waals surface area contributed by atoms with Gasteiger partial charge in [-0.25, -0.2) is 0 Å². The van der Waals surface area contributed by atoms with Crippen LogP contribution in [0.1, 0.15) is 53.4 Å². The predicted molar refractivity (Wildman–Crippen MR) is 74.1 cm³/mol. The lowest BCUT2D eigenvalue weighted by Crippen LogP contribution is -2.52. The lowest BCUT2D eigenvalue weighted by Gasteiger charge is -2.50. The van der Waals surface area contributed by atoms with Crippen LogP contribution in [0.3, 0.4) is 0 Å². The molecule has 106 valence electrons. The van der Waals surface area contributed by atoms with Gasteiger partial charge in [0, 0.05) is 5.92 Å². The first-order chi connectivity index (χ1) is 8.43. The maximum absolute atomic E-state index is 10.6. The largest absolute Gasteiger partial charge is 0.392 e. The van der Waals surface area contributed by atoms with Gasteiger partial charge in [-0.2, -0.15) is 0 Å². The van der Waals surface area contributed by atoms with Crippen LogP contribution >= 0.6 is 0 Å². The lowest BCUT2D eigenvalue weighted by atomic mass is 9.59. The summed E-state index contributed by atoms with van der Waals surface area (Å²) in [5.74, 6) is 2.49. The van der Waals surface area contributed by atoms with Crippen LogP contribution < -0.4 is 0 Å². The van der Waals surface area contributed by atoms with E-state index in [1.54, 1.807) is 0 Å². The van der Waals surface area contributed by atoms with Crippen molar-refractivity contribution in [3.05, 3.63) is 0 Å². The van der Waals surface area contributed by atoms with Crippen LogP contribution in [0.15, 0.2) is 0 Å². The van der Waals surface area contributed by atoms with Crippen molar-refractivity contribution in [2.24, 2.45) is 35.5 Å². The number of aliphatic hydroxyl groups excluding tert-OH is 2. The number of hydrogen-bond donors (Lipinski definition) is 2.